The summed E-state index contributed by atoms with van der Waals surface area (Å²) >= 11 is 0. The van der Waals surface area contributed by atoms with Crippen LogP contribution in [-0.2, 0) is 14.8 Å². The van der Waals surface area contributed by atoms with Gasteiger partial charge in [0.2, 0.25) is 15.9 Å². The molecule has 3 aromatic rings. The summed E-state index contributed by atoms with van der Waals surface area (Å²) in [6.07, 6.45) is 0. The van der Waals surface area contributed by atoms with Crippen LogP contribution in [0.4, 0.5) is 21.5 Å². The van der Waals surface area contributed by atoms with Crippen LogP contribution < -0.4 is 15.1 Å². The average Bonchev–Trinajstić information content (AvgIpc) is 2.88. The molecule has 2 aliphatic heterocycles. The topological polar surface area (TPSA) is 90.0 Å². The van der Waals surface area contributed by atoms with E-state index in [-0.39, 0.29) is 41.8 Å². The molecule has 0 radical (unpaired) electrons. The standard InChI is InChI=1S/C25H23FN4O4S/c26-19-8-10-20(11-9-19)28-12-14-29(15-13-28)35(33,34)21-5-3-4-18(16-21)25(32)30-17-24(31)27-22-6-1-2-7-23(22)30/h1-11,16H,12-15,17H2,(H,27,31). The molecule has 2 heterocycles. The van der Waals surface area contributed by atoms with Gasteiger partial charge in [-0.25, -0.2) is 12.8 Å². The largest absolute Gasteiger partial charge is 0.369 e. The van der Waals surface area contributed by atoms with Gasteiger partial charge in [0.1, 0.15) is 12.4 Å². The van der Waals surface area contributed by atoms with Gasteiger partial charge in [-0.05, 0) is 54.6 Å². The maximum Gasteiger partial charge on any atom is 0.258 e. The van der Waals surface area contributed by atoms with Crippen LogP contribution in [0.5, 0.6) is 0 Å². The molecule has 0 aromatic heterocycles. The second-order valence-corrected chi connectivity index (χ2v) is 10.3. The van der Waals surface area contributed by atoms with Crippen LogP contribution in [0, 0.1) is 5.82 Å². The Morgan fingerprint density at radius 1 is 0.886 bits per heavy atom. The number of para-hydroxylation sites is 2. The molecule has 35 heavy (non-hydrogen) atoms. The lowest BCUT2D eigenvalue weighted by Crippen LogP contribution is -2.48. The third-order valence-corrected chi connectivity index (χ3v) is 8.06. The highest BCUT2D eigenvalue weighted by molar-refractivity contribution is 7.89. The van der Waals surface area contributed by atoms with E-state index >= 15 is 0 Å². The van der Waals surface area contributed by atoms with Crippen LogP contribution in [0.3, 0.4) is 0 Å². The zero-order valence-corrected chi connectivity index (χ0v) is 19.5. The number of benzene rings is 3. The first-order valence-corrected chi connectivity index (χ1v) is 12.6. The molecule has 0 unspecified atom stereocenters. The molecule has 2 aliphatic rings. The number of nitrogens with one attached hydrogen (secondary N) is 1. The number of amides is 2. The monoisotopic (exact) mass is 494 g/mol. The van der Waals surface area contributed by atoms with Gasteiger partial charge in [0.25, 0.3) is 5.91 Å². The summed E-state index contributed by atoms with van der Waals surface area (Å²) in [7, 11) is -3.84. The van der Waals surface area contributed by atoms with Crippen molar-refractivity contribution in [2.24, 2.45) is 0 Å². The number of anilines is 3. The van der Waals surface area contributed by atoms with Crippen LogP contribution in [0.15, 0.2) is 77.7 Å². The van der Waals surface area contributed by atoms with Crippen LogP contribution in [0.1, 0.15) is 10.4 Å². The number of sulfonamides is 1. The first kappa shape index (κ1) is 23.0. The van der Waals surface area contributed by atoms with Crippen LogP contribution in [0.25, 0.3) is 0 Å². The molecule has 10 heteroatoms. The number of halogens is 1. The maximum absolute atomic E-state index is 13.3. The molecule has 0 saturated carbocycles. The summed E-state index contributed by atoms with van der Waals surface area (Å²) in [5.41, 5.74) is 2.10. The van der Waals surface area contributed by atoms with E-state index in [1.807, 2.05) is 4.90 Å². The van der Waals surface area contributed by atoms with Gasteiger partial charge in [-0.3, -0.25) is 14.5 Å². The summed E-state index contributed by atoms with van der Waals surface area (Å²) in [4.78, 5) is 28.8. The molecule has 5 rings (SSSR count). The summed E-state index contributed by atoms with van der Waals surface area (Å²) in [6, 6.07) is 19.0. The summed E-state index contributed by atoms with van der Waals surface area (Å²) in [5, 5.41) is 2.74. The third-order valence-electron chi connectivity index (χ3n) is 6.16. The zero-order chi connectivity index (χ0) is 24.6. The number of nitrogens with zero attached hydrogens (tertiary/aromatic N) is 3. The van der Waals surface area contributed by atoms with Crippen molar-refractivity contribution in [1.29, 1.82) is 0 Å². The minimum absolute atomic E-state index is 0.0216. The van der Waals surface area contributed by atoms with Crippen molar-refractivity contribution in [3.05, 3.63) is 84.2 Å². The van der Waals surface area contributed by atoms with E-state index in [1.165, 1.54) is 39.5 Å². The fourth-order valence-corrected chi connectivity index (χ4v) is 5.82. The summed E-state index contributed by atoms with van der Waals surface area (Å²) in [5.74, 6) is -1.09. The highest BCUT2D eigenvalue weighted by Gasteiger charge is 2.31. The summed E-state index contributed by atoms with van der Waals surface area (Å²) in [6.45, 7) is 1.29. The van der Waals surface area contributed by atoms with Gasteiger partial charge < -0.3 is 10.2 Å². The number of hydrogen-bond donors (Lipinski definition) is 1. The third kappa shape index (κ3) is 4.50. The van der Waals surface area contributed by atoms with E-state index < -0.39 is 15.9 Å². The molecule has 0 bridgehead atoms. The number of hydrogen-bond acceptors (Lipinski definition) is 5. The highest BCUT2D eigenvalue weighted by atomic mass is 32.2. The molecule has 180 valence electrons. The zero-order valence-electron chi connectivity index (χ0n) is 18.7. The molecule has 1 N–H and O–H groups in total. The van der Waals surface area contributed by atoms with E-state index in [0.717, 1.165) is 5.69 Å². The lowest BCUT2D eigenvalue weighted by Gasteiger charge is -2.35. The Bertz CT molecular complexity index is 1390. The van der Waals surface area contributed by atoms with Crippen molar-refractivity contribution in [1.82, 2.24) is 4.31 Å². The normalized spacial score (nSPS) is 16.5. The van der Waals surface area contributed by atoms with Crippen LogP contribution in [0.2, 0.25) is 0 Å². The molecule has 8 nitrogen and oxygen atoms in total. The molecule has 1 saturated heterocycles. The average molecular weight is 495 g/mol. The van der Waals surface area contributed by atoms with Crippen molar-refractivity contribution in [3.8, 4) is 0 Å². The van der Waals surface area contributed by atoms with Crippen LogP contribution >= 0.6 is 0 Å². The first-order chi connectivity index (χ1) is 16.8. The smallest absolute Gasteiger partial charge is 0.258 e. The van der Waals surface area contributed by atoms with Crippen molar-refractivity contribution >= 4 is 38.9 Å². The molecular weight excluding hydrogens is 471 g/mol. The lowest BCUT2D eigenvalue weighted by atomic mass is 10.1. The van der Waals surface area contributed by atoms with Gasteiger partial charge in [-0.15, -0.1) is 0 Å². The molecule has 2 amide bonds. The van der Waals surface area contributed by atoms with Crippen LogP contribution in [-0.4, -0.2) is 57.3 Å². The summed E-state index contributed by atoms with van der Waals surface area (Å²) < 4.78 is 41.3. The fraction of sp³-hybridized carbons (Fsp3) is 0.200. The Kier molecular flexibility index (Phi) is 6.00. The number of rotatable bonds is 4. The quantitative estimate of drug-likeness (QED) is 0.603. The van der Waals surface area contributed by atoms with E-state index in [2.05, 4.69) is 5.32 Å². The van der Waals surface area contributed by atoms with Gasteiger partial charge in [0, 0.05) is 37.4 Å². The Morgan fingerprint density at radius 2 is 1.60 bits per heavy atom. The maximum atomic E-state index is 13.3. The molecule has 3 aromatic carbocycles. The molecular formula is C25H23FN4O4S. The Hall–Kier alpha value is -3.76. The Morgan fingerprint density at radius 3 is 2.34 bits per heavy atom. The number of piperazine rings is 1. The number of carbonyl (C=O) groups is 2. The van der Waals surface area contributed by atoms with Gasteiger partial charge in [-0.1, -0.05) is 18.2 Å². The lowest BCUT2D eigenvalue weighted by molar-refractivity contribution is -0.115. The minimum Gasteiger partial charge on any atom is -0.369 e. The van der Waals surface area contributed by atoms with Gasteiger partial charge >= 0.3 is 0 Å². The Labute approximate surface area is 202 Å². The van der Waals surface area contributed by atoms with Gasteiger partial charge in [0.15, 0.2) is 0 Å². The van der Waals surface area contributed by atoms with E-state index in [9.17, 15) is 22.4 Å². The SMILES string of the molecule is O=C1CN(C(=O)c2cccc(S(=O)(=O)N3CCN(c4ccc(F)cc4)CC3)c2)c2ccccc2N1. The predicted molar refractivity (Wildman–Crippen MR) is 131 cm³/mol. The fourth-order valence-electron chi connectivity index (χ4n) is 4.35. The van der Waals surface area contributed by atoms with Crippen molar-refractivity contribution < 1.29 is 22.4 Å². The van der Waals surface area contributed by atoms with Crippen molar-refractivity contribution in [2.75, 3.05) is 47.8 Å². The van der Waals surface area contributed by atoms with Crippen molar-refractivity contribution in [3.63, 3.8) is 0 Å². The van der Waals surface area contributed by atoms with Gasteiger partial charge in [0.05, 0.1) is 16.3 Å². The van der Waals surface area contributed by atoms with Crippen molar-refractivity contribution in [2.45, 2.75) is 4.90 Å². The second-order valence-electron chi connectivity index (χ2n) is 8.35. The first-order valence-electron chi connectivity index (χ1n) is 11.1. The Balaban J connectivity index is 1.34. The van der Waals surface area contributed by atoms with E-state index in [1.54, 1.807) is 42.5 Å². The number of fused-ring (bicyclic) bond motifs is 1. The molecule has 0 aliphatic carbocycles. The van der Waals surface area contributed by atoms with E-state index in [4.69, 9.17) is 0 Å². The molecule has 1 fully saturated rings. The highest BCUT2D eigenvalue weighted by Crippen LogP contribution is 2.30. The minimum atomic E-state index is -3.84. The van der Waals surface area contributed by atoms with E-state index in [0.29, 0.717) is 24.5 Å². The molecule has 0 spiro atoms. The predicted octanol–water partition coefficient (Wildman–Crippen LogP) is 2.94. The number of carbonyl (C=O) groups excluding carboxylic acids is 2. The molecule has 0 atom stereocenters. The van der Waals surface area contributed by atoms with Gasteiger partial charge in [-0.2, -0.15) is 4.31 Å². The second kappa shape index (κ2) is 9.12.